The third-order valence-electron chi connectivity index (χ3n) is 3.83. The van der Waals surface area contributed by atoms with Crippen molar-refractivity contribution in [3.8, 4) is 5.75 Å². The zero-order valence-corrected chi connectivity index (χ0v) is 14.2. The summed E-state index contributed by atoms with van der Waals surface area (Å²) in [4.78, 5) is 27.1. The number of hydrogen-bond acceptors (Lipinski definition) is 4. The van der Waals surface area contributed by atoms with Crippen LogP contribution >= 0.6 is 22.9 Å². The Morgan fingerprint density at radius 1 is 1.35 bits per heavy atom. The van der Waals surface area contributed by atoms with E-state index in [1.54, 1.807) is 34.4 Å². The molecule has 0 N–H and O–H groups in total. The van der Waals surface area contributed by atoms with Gasteiger partial charge in [0.25, 0.3) is 5.91 Å². The first kappa shape index (κ1) is 16.0. The summed E-state index contributed by atoms with van der Waals surface area (Å²) < 4.78 is 5.57. The fourth-order valence-electron chi connectivity index (χ4n) is 2.60. The van der Waals surface area contributed by atoms with Gasteiger partial charge in [0.05, 0.1) is 5.56 Å². The lowest BCUT2D eigenvalue weighted by molar-refractivity contribution is -0.134. The van der Waals surface area contributed by atoms with Gasteiger partial charge < -0.3 is 9.64 Å². The van der Waals surface area contributed by atoms with Crippen molar-refractivity contribution < 1.29 is 14.3 Å². The maximum absolute atomic E-state index is 12.3. The number of ketones is 1. The van der Waals surface area contributed by atoms with Gasteiger partial charge in [-0.05, 0) is 48.6 Å². The quantitative estimate of drug-likeness (QED) is 0.793. The van der Waals surface area contributed by atoms with Crippen LogP contribution in [0.25, 0.3) is 0 Å². The molecule has 1 aromatic heterocycles. The molecule has 0 spiro atoms. The lowest BCUT2D eigenvalue weighted by Gasteiger charge is -2.27. The van der Waals surface area contributed by atoms with E-state index in [1.807, 2.05) is 0 Å². The molecule has 120 valence electrons. The lowest BCUT2D eigenvalue weighted by Crippen LogP contribution is -2.38. The number of amides is 1. The van der Waals surface area contributed by atoms with Crippen molar-refractivity contribution >= 4 is 34.6 Å². The molecule has 0 saturated heterocycles. The summed E-state index contributed by atoms with van der Waals surface area (Å²) in [6.07, 6.45) is 0.887. The first-order valence-electron chi connectivity index (χ1n) is 7.31. The molecule has 0 bridgehead atoms. The second kappa shape index (κ2) is 6.72. The fraction of sp³-hybridized carbons (Fsp3) is 0.294. The van der Waals surface area contributed by atoms with Gasteiger partial charge in [-0.15, -0.1) is 11.3 Å². The second-order valence-corrected chi connectivity index (χ2v) is 6.86. The molecule has 6 heteroatoms. The van der Waals surface area contributed by atoms with Gasteiger partial charge in [-0.25, -0.2) is 0 Å². The van der Waals surface area contributed by atoms with E-state index in [1.165, 1.54) is 17.4 Å². The van der Waals surface area contributed by atoms with Gasteiger partial charge in [-0.3, -0.25) is 9.59 Å². The van der Waals surface area contributed by atoms with E-state index < -0.39 is 0 Å². The molecule has 3 rings (SSSR count). The number of fused-ring (bicyclic) bond motifs is 1. The van der Waals surface area contributed by atoms with E-state index in [-0.39, 0.29) is 18.3 Å². The minimum Gasteiger partial charge on any atom is -0.483 e. The lowest BCUT2D eigenvalue weighted by atomic mass is 10.1. The van der Waals surface area contributed by atoms with Gasteiger partial charge in [0.1, 0.15) is 5.75 Å². The molecule has 1 aliphatic rings. The minimum atomic E-state index is -0.143. The zero-order chi connectivity index (χ0) is 16.4. The Bertz CT molecular complexity index is 756. The van der Waals surface area contributed by atoms with Gasteiger partial charge in [-0.1, -0.05) is 11.6 Å². The number of rotatable bonds is 4. The fourth-order valence-corrected chi connectivity index (χ4v) is 3.66. The monoisotopic (exact) mass is 349 g/mol. The van der Waals surface area contributed by atoms with Crippen LogP contribution in [0.15, 0.2) is 29.6 Å². The van der Waals surface area contributed by atoms with E-state index in [2.05, 4.69) is 11.4 Å². The first-order valence-corrected chi connectivity index (χ1v) is 8.56. The highest BCUT2D eigenvalue weighted by atomic mass is 35.5. The highest BCUT2D eigenvalue weighted by Gasteiger charge is 2.22. The molecule has 2 aromatic rings. The number of carbonyl (C=O) groups is 2. The number of ether oxygens (including phenoxy) is 1. The minimum absolute atomic E-state index is 0.0775. The predicted molar refractivity (Wildman–Crippen MR) is 90.4 cm³/mol. The zero-order valence-electron chi connectivity index (χ0n) is 12.7. The summed E-state index contributed by atoms with van der Waals surface area (Å²) in [5.41, 5.74) is 1.61. The van der Waals surface area contributed by atoms with Crippen LogP contribution < -0.4 is 4.74 Å². The molecule has 0 aliphatic carbocycles. The Hall–Kier alpha value is -1.85. The van der Waals surface area contributed by atoms with E-state index in [9.17, 15) is 9.59 Å². The summed E-state index contributed by atoms with van der Waals surface area (Å²) in [5.74, 6) is 0.172. The molecule has 23 heavy (non-hydrogen) atoms. The van der Waals surface area contributed by atoms with Crippen molar-refractivity contribution in [1.82, 2.24) is 4.90 Å². The number of benzene rings is 1. The molecule has 1 amide bonds. The number of hydrogen-bond donors (Lipinski definition) is 0. The Morgan fingerprint density at radius 3 is 2.96 bits per heavy atom. The van der Waals surface area contributed by atoms with Crippen LogP contribution in [0.4, 0.5) is 0 Å². The molecule has 0 radical (unpaired) electrons. The predicted octanol–water partition coefficient (Wildman–Crippen LogP) is 3.57. The SMILES string of the molecule is CC(=O)c1cc(Cl)ccc1OCC(=O)N1CCc2sccc2C1. The average molecular weight is 350 g/mol. The highest BCUT2D eigenvalue weighted by Crippen LogP contribution is 2.25. The Balaban J connectivity index is 1.65. The smallest absolute Gasteiger partial charge is 0.260 e. The summed E-state index contributed by atoms with van der Waals surface area (Å²) in [5, 5.41) is 2.53. The summed E-state index contributed by atoms with van der Waals surface area (Å²) in [6, 6.07) is 6.89. The Labute approximate surface area is 143 Å². The maximum Gasteiger partial charge on any atom is 0.260 e. The molecular weight excluding hydrogens is 334 g/mol. The van der Waals surface area contributed by atoms with Crippen molar-refractivity contribution in [2.45, 2.75) is 19.9 Å². The van der Waals surface area contributed by atoms with Crippen molar-refractivity contribution in [2.24, 2.45) is 0 Å². The maximum atomic E-state index is 12.3. The van der Waals surface area contributed by atoms with Crippen LogP contribution in [0, 0.1) is 0 Å². The third-order valence-corrected chi connectivity index (χ3v) is 5.09. The standard InChI is InChI=1S/C17H16ClNO3S/c1-11(20)14-8-13(18)2-3-15(14)22-10-17(21)19-6-4-16-12(9-19)5-7-23-16/h2-3,5,7-8H,4,6,9-10H2,1H3. The van der Waals surface area contributed by atoms with E-state index >= 15 is 0 Å². The number of nitrogens with zero attached hydrogens (tertiary/aromatic N) is 1. The van der Waals surface area contributed by atoms with Crippen LogP contribution in [-0.2, 0) is 17.8 Å². The molecule has 0 saturated carbocycles. The van der Waals surface area contributed by atoms with Gasteiger partial charge in [-0.2, -0.15) is 0 Å². The van der Waals surface area contributed by atoms with Crippen molar-refractivity contribution in [2.75, 3.05) is 13.2 Å². The summed E-state index contributed by atoms with van der Waals surface area (Å²) in [7, 11) is 0. The largest absolute Gasteiger partial charge is 0.483 e. The number of thiophene rings is 1. The second-order valence-electron chi connectivity index (χ2n) is 5.42. The number of carbonyl (C=O) groups excluding carboxylic acids is 2. The molecule has 0 atom stereocenters. The Morgan fingerprint density at radius 2 is 2.17 bits per heavy atom. The van der Waals surface area contributed by atoms with Crippen LogP contribution in [0.2, 0.25) is 5.02 Å². The molecular formula is C17H16ClNO3S. The normalized spacial score (nSPS) is 13.6. The van der Waals surface area contributed by atoms with Gasteiger partial charge in [0.15, 0.2) is 12.4 Å². The average Bonchev–Trinajstić information content (AvgIpc) is 3.00. The molecule has 1 aliphatic heterocycles. The van der Waals surface area contributed by atoms with Crippen molar-refractivity contribution in [3.63, 3.8) is 0 Å². The van der Waals surface area contributed by atoms with Gasteiger partial charge >= 0.3 is 0 Å². The van der Waals surface area contributed by atoms with Crippen LogP contribution in [0.1, 0.15) is 27.7 Å². The molecule has 2 heterocycles. The van der Waals surface area contributed by atoms with Gasteiger partial charge in [0, 0.05) is 23.0 Å². The number of Topliss-reactive ketones (excluding diaryl/α,β-unsaturated/α-hetero) is 1. The van der Waals surface area contributed by atoms with Crippen LogP contribution in [0.5, 0.6) is 5.75 Å². The molecule has 4 nitrogen and oxygen atoms in total. The topological polar surface area (TPSA) is 46.6 Å². The highest BCUT2D eigenvalue weighted by molar-refractivity contribution is 7.10. The van der Waals surface area contributed by atoms with E-state index in [0.717, 1.165) is 6.42 Å². The van der Waals surface area contributed by atoms with E-state index in [4.69, 9.17) is 16.3 Å². The summed E-state index contributed by atoms with van der Waals surface area (Å²) >= 11 is 7.64. The first-order chi connectivity index (χ1) is 11.0. The van der Waals surface area contributed by atoms with Crippen molar-refractivity contribution in [1.29, 1.82) is 0 Å². The van der Waals surface area contributed by atoms with Crippen LogP contribution in [-0.4, -0.2) is 29.7 Å². The third kappa shape index (κ3) is 3.57. The van der Waals surface area contributed by atoms with Crippen molar-refractivity contribution in [3.05, 3.63) is 50.7 Å². The van der Waals surface area contributed by atoms with Crippen LogP contribution in [0.3, 0.4) is 0 Å². The molecule has 1 aromatic carbocycles. The summed E-state index contributed by atoms with van der Waals surface area (Å²) in [6.45, 7) is 2.70. The molecule has 0 unspecified atom stereocenters. The number of halogens is 1. The molecule has 0 fully saturated rings. The van der Waals surface area contributed by atoms with Gasteiger partial charge in [0.2, 0.25) is 0 Å². The van der Waals surface area contributed by atoms with E-state index in [0.29, 0.717) is 29.4 Å². The Kier molecular flexibility index (Phi) is 4.68.